The molecule has 0 aromatic rings. The van der Waals surface area contributed by atoms with Crippen LogP contribution in [-0.2, 0) is 0 Å². The quantitative estimate of drug-likeness (QED) is 0.759. The molecule has 1 N–H and O–H groups in total. The molecule has 0 radical (unpaired) electrons. The van der Waals surface area contributed by atoms with Gasteiger partial charge >= 0.3 is 0 Å². The van der Waals surface area contributed by atoms with E-state index in [9.17, 15) is 0 Å². The predicted molar refractivity (Wildman–Crippen MR) is 70.6 cm³/mol. The first-order valence-electron chi connectivity index (χ1n) is 7.39. The first-order valence-corrected chi connectivity index (χ1v) is 7.39. The summed E-state index contributed by atoms with van der Waals surface area (Å²) in [5, 5.41) is 4.01. The predicted octanol–water partition coefficient (Wildman–Crippen LogP) is 4.12. The SMILES string of the molecule is CCC1CCCC1NC1CCCCC1(C)C. The molecule has 2 saturated carbocycles. The molecule has 0 spiro atoms. The molecule has 2 aliphatic rings. The van der Waals surface area contributed by atoms with E-state index >= 15 is 0 Å². The summed E-state index contributed by atoms with van der Waals surface area (Å²) < 4.78 is 0. The molecular formula is C15H29N. The van der Waals surface area contributed by atoms with Crippen LogP contribution in [0.2, 0.25) is 0 Å². The molecular weight excluding hydrogens is 194 g/mol. The van der Waals surface area contributed by atoms with Crippen LogP contribution in [0.3, 0.4) is 0 Å². The van der Waals surface area contributed by atoms with Gasteiger partial charge in [0.1, 0.15) is 0 Å². The Kier molecular flexibility index (Phi) is 3.94. The van der Waals surface area contributed by atoms with E-state index in [4.69, 9.17) is 0 Å². The fourth-order valence-corrected chi connectivity index (χ4v) is 3.81. The Balaban J connectivity index is 1.92. The molecule has 0 aromatic carbocycles. The zero-order chi connectivity index (χ0) is 11.6. The Bertz CT molecular complexity index is 221. The van der Waals surface area contributed by atoms with E-state index in [1.165, 1.54) is 51.4 Å². The van der Waals surface area contributed by atoms with Crippen molar-refractivity contribution < 1.29 is 0 Å². The number of hydrogen-bond donors (Lipinski definition) is 1. The molecule has 94 valence electrons. The Morgan fingerprint density at radius 3 is 2.56 bits per heavy atom. The van der Waals surface area contributed by atoms with Crippen LogP contribution in [-0.4, -0.2) is 12.1 Å². The van der Waals surface area contributed by atoms with Crippen LogP contribution in [0.4, 0.5) is 0 Å². The Morgan fingerprint density at radius 1 is 1.06 bits per heavy atom. The van der Waals surface area contributed by atoms with E-state index < -0.39 is 0 Å². The van der Waals surface area contributed by atoms with Crippen molar-refractivity contribution in [2.45, 2.75) is 84.2 Å². The maximum absolute atomic E-state index is 4.01. The van der Waals surface area contributed by atoms with Gasteiger partial charge < -0.3 is 5.32 Å². The maximum atomic E-state index is 4.01. The first kappa shape index (κ1) is 12.4. The molecule has 0 amide bonds. The normalized spacial score (nSPS) is 38.8. The van der Waals surface area contributed by atoms with E-state index in [0.29, 0.717) is 5.41 Å². The molecule has 1 nitrogen and oxygen atoms in total. The number of hydrogen-bond acceptors (Lipinski definition) is 1. The van der Waals surface area contributed by atoms with Crippen LogP contribution in [0.25, 0.3) is 0 Å². The lowest BCUT2D eigenvalue weighted by atomic mass is 9.73. The van der Waals surface area contributed by atoms with Gasteiger partial charge in [-0.15, -0.1) is 0 Å². The third-order valence-electron chi connectivity index (χ3n) is 5.11. The maximum Gasteiger partial charge on any atom is 0.0121 e. The number of nitrogens with one attached hydrogen (secondary N) is 1. The van der Waals surface area contributed by atoms with Gasteiger partial charge in [0, 0.05) is 12.1 Å². The summed E-state index contributed by atoms with van der Waals surface area (Å²) in [7, 11) is 0. The molecule has 3 unspecified atom stereocenters. The Morgan fingerprint density at radius 2 is 1.88 bits per heavy atom. The van der Waals surface area contributed by atoms with Crippen LogP contribution < -0.4 is 5.32 Å². The molecule has 0 aliphatic heterocycles. The van der Waals surface area contributed by atoms with Crippen molar-refractivity contribution in [3.63, 3.8) is 0 Å². The molecule has 2 rings (SSSR count). The van der Waals surface area contributed by atoms with Crippen LogP contribution in [0.15, 0.2) is 0 Å². The highest BCUT2D eigenvalue weighted by molar-refractivity contribution is 4.92. The molecule has 0 bridgehead atoms. The Hall–Kier alpha value is -0.0400. The van der Waals surface area contributed by atoms with Crippen LogP contribution in [0.5, 0.6) is 0 Å². The molecule has 2 aliphatic carbocycles. The molecule has 1 heteroatoms. The van der Waals surface area contributed by atoms with Gasteiger partial charge in [0.25, 0.3) is 0 Å². The van der Waals surface area contributed by atoms with E-state index in [2.05, 4.69) is 26.1 Å². The van der Waals surface area contributed by atoms with Crippen molar-refractivity contribution in [1.82, 2.24) is 5.32 Å². The monoisotopic (exact) mass is 223 g/mol. The third-order valence-corrected chi connectivity index (χ3v) is 5.11. The van der Waals surface area contributed by atoms with Crippen molar-refractivity contribution >= 4 is 0 Å². The van der Waals surface area contributed by atoms with Gasteiger partial charge in [0.2, 0.25) is 0 Å². The highest BCUT2D eigenvalue weighted by atomic mass is 15.0. The lowest BCUT2D eigenvalue weighted by molar-refractivity contribution is 0.146. The highest BCUT2D eigenvalue weighted by Gasteiger charge is 2.35. The zero-order valence-electron chi connectivity index (χ0n) is 11.4. The second-order valence-corrected chi connectivity index (χ2v) is 6.66. The smallest absolute Gasteiger partial charge is 0.0121 e. The van der Waals surface area contributed by atoms with Gasteiger partial charge in [-0.3, -0.25) is 0 Å². The van der Waals surface area contributed by atoms with E-state index in [-0.39, 0.29) is 0 Å². The van der Waals surface area contributed by atoms with Crippen molar-refractivity contribution in [1.29, 1.82) is 0 Å². The average molecular weight is 223 g/mol. The highest BCUT2D eigenvalue weighted by Crippen LogP contribution is 2.37. The van der Waals surface area contributed by atoms with Gasteiger partial charge in [-0.25, -0.2) is 0 Å². The number of rotatable bonds is 3. The standard InChI is InChI=1S/C15H29N/c1-4-12-8-7-9-13(12)16-14-10-5-6-11-15(14,2)3/h12-14,16H,4-11H2,1-3H3. The summed E-state index contributed by atoms with van der Waals surface area (Å²) >= 11 is 0. The minimum atomic E-state index is 0.527. The van der Waals surface area contributed by atoms with Crippen molar-refractivity contribution in [2.75, 3.05) is 0 Å². The molecule has 0 aromatic heterocycles. The first-order chi connectivity index (χ1) is 7.63. The van der Waals surface area contributed by atoms with Crippen LogP contribution in [0, 0.1) is 11.3 Å². The van der Waals surface area contributed by atoms with Crippen LogP contribution in [0.1, 0.15) is 72.1 Å². The van der Waals surface area contributed by atoms with Gasteiger partial charge in [-0.05, 0) is 37.0 Å². The van der Waals surface area contributed by atoms with Crippen molar-refractivity contribution in [3.05, 3.63) is 0 Å². The summed E-state index contributed by atoms with van der Waals surface area (Å²) in [6.45, 7) is 7.27. The van der Waals surface area contributed by atoms with Gasteiger partial charge in [0.05, 0.1) is 0 Å². The van der Waals surface area contributed by atoms with Gasteiger partial charge in [-0.2, -0.15) is 0 Å². The van der Waals surface area contributed by atoms with Crippen molar-refractivity contribution in [3.8, 4) is 0 Å². The minimum absolute atomic E-state index is 0.527. The largest absolute Gasteiger partial charge is 0.310 e. The lowest BCUT2D eigenvalue weighted by Crippen LogP contribution is -2.49. The van der Waals surface area contributed by atoms with Gasteiger partial charge in [-0.1, -0.05) is 46.5 Å². The molecule has 16 heavy (non-hydrogen) atoms. The van der Waals surface area contributed by atoms with E-state index in [0.717, 1.165) is 18.0 Å². The molecule has 3 atom stereocenters. The molecule has 0 heterocycles. The van der Waals surface area contributed by atoms with Crippen molar-refractivity contribution in [2.24, 2.45) is 11.3 Å². The van der Waals surface area contributed by atoms with E-state index in [1.54, 1.807) is 0 Å². The summed E-state index contributed by atoms with van der Waals surface area (Å²) in [6, 6.07) is 1.60. The zero-order valence-corrected chi connectivity index (χ0v) is 11.4. The fraction of sp³-hybridized carbons (Fsp3) is 1.00. The van der Waals surface area contributed by atoms with Crippen LogP contribution >= 0.6 is 0 Å². The molecule has 0 saturated heterocycles. The fourth-order valence-electron chi connectivity index (χ4n) is 3.81. The second kappa shape index (κ2) is 5.08. The second-order valence-electron chi connectivity index (χ2n) is 6.66. The average Bonchev–Trinajstić information content (AvgIpc) is 2.68. The minimum Gasteiger partial charge on any atom is -0.310 e. The summed E-state index contributed by atoms with van der Waals surface area (Å²) in [4.78, 5) is 0. The third kappa shape index (κ3) is 2.61. The van der Waals surface area contributed by atoms with E-state index in [1.807, 2.05) is 0 Å². The Labute approximate surface area is 101 Å². The summed E-state index contributed by atoms with van der Waals surface area (Å²) in [5.74, 6) is 0.956. The summed E-state index contributed by atoms with van der Waals surface area (Å²) in [6.07, 6.45) is 11.4. The molecule has 2 fully saturated rings. The lowest BCUT2D eigenvalue weighted by Gasteiger charge is -2.41. The summed E-state index contributed by atoms with van der Waals surface area (Å²) in [5.41, 5.74) is 0.527. The van der Waals surface area contributed by atoms with Gasteiger partial charge in [0.15, 0.2) is 0 Å². The topological polar surface area (TPSA) is 12.0 Å².